The van der Waals surface area contributed by atoms with Gasteiger partial charge in [-0.25, -0.2) is 9.48 Å². The molecule has 0 radical (unpaired) electrons. The van der Waals surface area contributed by atoms with Crippen molar-refractivity contribution >= 4 is 23.4 Å². The maximum absolute atomic E-state index is 13.3. The van der Waals surface area contributed by atoms with Crippen molar-refractivity contribution in [3.8, 4) is 11.4 Å². The van der Waals surface area contributed by atoms with Crippen molar-refractivity contribution in [2.24, 2.45) is 5.92 Å². The zero-order valence-electron chi connectivity index (χ0n) is 23.0. The Balaban J connectivity index is 1.84. The Hall–Kier alpha value is -3.81. The summed E-state index contributed by atoms with van der Waals surface area (Å²) in [5.41, 5.74) is 3.13. The van der Waals surface area contributed by atoms with E-state index < -0.39 is 0 Å². The average molecular weight is 506 g/mol. The minimum atomic E-state index is -0.358. The van der Waals surface area contributed by atoms with E-state index in [1.807, 2.05) is 49.4 Å². The second-order valence-electron chi connectivity index (χ2n) is 10.6. The number of rotatable bonds is 9. The summed E-state index contributed by atoms with van der Waals surface area (Å²) in [6, 6.07) is 16.6. The molecule has 0 unspecified atom stereocenters. The van der Waals surface area contributed by atoms with Gasteiger partial charge in [0.2, 0.25) is 5.91 Å². The van der Waals surface area contributed by atoms with E-state index >= 15 is 0 Å². The van der Waals surface area contributed by atoms with E-state index in [2.05, 4.69) is 45.3 Å². The van der Waals surface area contributed by atoms with E-state index in [4.69, 9.17) is 9.84 Å². The number of anilines is 2. The average Bonchev–Trinajstić information content (AvgIpc) is 3.26. The summed E-state index contributed by atoms with van der Waals surface area (Å²) in [4.78, 5) is 28.0. The standard InChI is InChI=1S/C29H39N5O3/c1-20(2)16-17-33(28(36)30-22-13-9-11-15-24(22)37-7)19-27(35)31-26-18-25(29(4,5)6)32-34(26)23-14-10-8-12-21(23)3/h8-15,18,20H,16-17,19H2,1-7H3,(H,30,36)(H,31,35). The van der Waals surface area contributed by atoms with Crippen LogP contribution in [0.4, 0.5) is 16.3 Å². The van der Waals surface area contributed by atoms with Gasteiger partial charge in [0.1, 0.15) is 18.1 Å². The number of para-hydroxylation sites is 3. The third-order valence-electron chi connectivity index (χ3n) is 6.04. The second-order valence-corrected chi connectivity index (χ2v) is 10.6. The Morgan fingerprint density at radius 1 is 1.05 bits per heavy atom. The fourth-order valence-corrected chi connectivity index (χ4v) is 3.79. The fourth-order valence-electron chi connectivity index (χ4n) is 3.79. The molecule has 0 aliphatic carbocycles. The normalized spacial score (nSPS) is 11.4. The van der Waals surface area contributed by atoms with Crippen LogP contribution in [0.1, 0.15) is 52.3 Å². The first-order valence-electron chi connectivity index (χ1n) is 12.6. The van der Waals surface area contributed by atoms with Crippen molar-refractivity contribution in [2.45, 2.75) is 53.4 Å². The molecule has 3 amide bonds. The summed E-state index contributed by atoms with van der Waals surface area (Å²) in [5.74, 6) is 1.20. The summed E-state index contributed by atoms with van der Waals surface area (Å²) in [6.07, 6.45) is 0.766. The molecule has 0 spiro atoms. The molecule has 0 saturated heterocycles. The van der Waals surface area contributed by atoms with Crippen LogP contribution in [0, 0.1) is 12.8 Å². The third kappa shape index (κ3) is 7.35. The molecule has 0 saturated carbocycles. The Morgan fingerprint density at radius 2 is 1.73 bits per heavy atom. The van der Waals surface area contributed by atoms with Crippen LogP contribution in [-0.4, -0.2) is 46.8 Å². The molecule has 1 aromatic heterocycles. The molecular weight excluding hydrogens is 466 g/mol. The van der Waals surface area contributed by atoms with Gasteiger partial charge in [-0.1, -0.05) is 65.0 Å². The van der Waals surface area contributed by atoms with Crippen LogP contribution in [0.5, 0.6) is 5.75 Å². The van der Waals surface area contributed by atoms with Crippen molar-refractivity contribution in [3.05, 3.63) is 65.9 Å². The highest BCUT2D eigenvalue weighted by Crippen LogP contribution is 2.28. The molecule has 0 aliphatic rings. The number of hydrogen-bond donors (Lipinski definition) is 2. The van der Waals surface area contributed by atoms with Crippen LogP contribution >= 0.6 is 0 Å². The molecule has 3 aromatic rings. The van der Waals surface area contributed by atoms with Crippen molar-refractivity contribution in [1.29, 1.82) is 0 Å². The van der Waals surface area contributed by atoms with Crippen LogP contribution in [0.25, 0.3) is 5.69 Å². The first-order chi connectivity index (χ1) is 17.5. The maximum Gasteiger partial charge on any atom is 0.322 e. The lowest BCUT2D eigenvalue weighted by Gasteiger charge is -2.24. The summed E-state index contributed by atoms with van der Waals surface area (Å²) in [5, 5.41) is 10.7. The number of hydrogen-bond acceptors (Lipinski definition) is 4. The van der Waals surface area contributed by atoms with E-state index in [1.54, 1.807) is 23.9 Å². The quantitative estimate of drug-likeness (QED) is 0.373. The summed E-state index contributed by atoms with van der Waals surface area (Å²) < 4.78 is 7.12. The predicted molar refractivity (Wildman–Crippen MR) is 149 cm³/mol. The molecular formula is C29H39N5O3. The summed E-state index contributed by atoms with van der Waals surface area (Å²) in [7, 11) is 1.55. The Kier molecular flexibility index (Phi) is 8.97. The fraction of sp³-hybridized carbons (Fsp3) is 0.414. The van der Waals surface area contributed by atoms with Gasteiger partial charge in [-0.2, -0.15) is 5.10 Å². The number of amides is 3. The first kappa shape index (κ1) is 27.8. The number of benzene rings is 2. The summed E-state index contributed by atoms with van der Waals surface area (Å²) >= 11 is 0. The lowest BCUT2D eigenvalue weighted by atomic mass is 9.92. The first-order valence-corrected chi connectivity index (χ1v) is 12.6. The number of ether oxygens (including phenoxy) is 1. The van der Waals surface area contributed by atoms with Crippen LogP contribution in [-0.2, 0) is 10.2 Å². The van der Waals surface area contributed by atoms with Gasteiger partial charge in [0.25, 0.3) is 0 Å². The monoisotopic (exact) mass is 505 g/mol. The van der Waals surface area contributed by atoms with Gasteiger partial charge in [0.05, 0.1) is 24.2 Å². The molecule has 0 atom stereocenters. The largest absolute Gasteiger partial charge is 0.495 e. The summed E-state index contributed by atoms with van der Waals surface area (Å²) in [6.45, 7) is 12.8. The van der Waals surface area contributed by atoms with Crippen LogP contribution < -0.4 is 15.4 Å². The minimum absolute atomic E-state index is 0.0997. The van der Waals surface area contributed by atoms with E-state index in [-0.39, 0.29) is 23.9 Å². The third-order valence-corrected chi connectivity index (χ3v) is 6.04. The number of nitrogens with one attached hydrogen (secondary N) is 2. The lowest BCUT2D eigenvalue weighted by molar-refractivity contribution is -0.116. The van der Waals surface area contributed by atoms with E-state index in [1.165, 1.54) is 4.90 Å². The van der Waals surface area contributed by atoms with E-state index in [0.29, 0.717) is 29.7 Å². The highest BCUT2D eigenvalue weighted by atomic mass is 16.5. The van der Waals surface area contributed by atoms with Crippen molar-refractivity contribution in [1.82, 2.24) is 14.7 Å². The molecule has 8 nitrogen and oxygen atoms in total. The topological polar surface area (TPSA) is 88.5 Å². The molecule has 2 N–H and O–H groups in total. The molecule has 37 heavy (non-hydrogen) atoms. The van der Waals surface area contributed by atoms with Gasteiger partial charge in [-0.15, -0.1) is 0 Å². The molecule has 0 bridgehead atoms. The van der Waals surface area contributed by atoms with Crippen molar-refractivity contribution in [2.75, 3.05) is 30.8 Å². The Labute approximate surface area is 220 Å². The number of aryl methyl sites for hydroxylation is 1. The number of nitrogens with zero attached hydrogens (tertiary/aromatic N) is 3. The molecule has 0 aliphatic heterocycles. The van der Waals surface area contributed by atoms with Crippen LogP contribution in [0.3, 0.4) is 0 Å². The molecule has 1 heterocycles. The molecule has 8 heteroatoms. The number of urea groups is 1. The maximum atomic E-state index is 13.3. The van der Waals surface area contributed by atoms with Crippen LogP contribution in [0.15, 0.2) is 54.6 Å². The van der Waals surface area contributed by atoms with Gasteiger partial charge in [-0.3, -0.25) is 4.79 Å². The van der Waals surface area contributed by atoms with Gasteiger partial charge < -0.3 is 20.3 Å². The number of carbonyl (C=O) groups excluding carboxylic acids is 2. The minimum Gasteiger partial charge on any atom is -0.495 e. The number of aromatic nitrogens is 2. The van der Waals surface area contributed by atoms with Gasteiger partial charge in [-0.05, 0) is 43.0 Å². The van der Waals surface area contributed by atoms with Crippen LogP contribution in [0.2, 0.25) is 0 Å². The molecule has 0 fully saturated rings. The van der Waals surface area contributed by atoms with E-state index in [0.717, 1.165) is 23.4 Å². The lowest BCUT2D eigenvalue weighted by Crippen LogP contribution is -2.41. The van der Waals surface area contributed by atoms with Gasteiger partial charge in [0, 0.05) is 18.0 Å². The smallest absolute Gasteiger partial charge is 0.322 e. The SMILES string of the molecule is COc1ccccc1NC(=O)N(CCC(C)C)CC(=O)Nc1cc(C(C)(C)C)nn1-c1ccccc1C. The molecule has 3 rings (SSSR count). The zero-order chi connectivity index (χ0) is 27.2. The predicted octanol–water partition coefficient (Wildman–Crippen LogP) is 6.01. The number of methoxy groups -OCH3 is 1. The molecule has 2 aromatic carbocycles. The van der Waals surface area contributed by atoms with Crippen molar-refractivity contribution in [3.63, 3.8) is 0 Å². The van der Waals surface area contributed by atoms with Gasteiger partial charge >= 0.3 is 6.03 Å². The second kappa shape index (κ2) is 12.0. The zero-order valence-corrected chi connectivity index (χ0v) is 23.0. The number of carbonyl (C=O) groups is 2. The Bertz CT molecular complexity index is 1230. The van der Waals surface area contributed by atoms with Gasteiger partial charge in [0.15, 0.2) is 0 Å². The highest BCUT2D eigenvalue weighted by Gasteiger charge is 2.24. The Morgan fingerprint density at radius 3 is 2.38 bits per heavy atom. The van der Waals surface area contributed by atoms with Crippen molar-refractivity contribution < 1.29 is 14.3 Å². The highest BCUT2D eigenvalue weighted by molar-refractivity contribution is 5.97. The molecule has 198 valence electrons. The van der Waals surface area contributed by atoms with E-state index in [9.17, 15) is 9.59 Å².